The zero-order valence-electron chi connectivity index (χ0n) is 12.0. The monoisotopic (exact) mass is 272 g/mol. The second kappa shape index (κ2) is 8.81. The molecule has 0 saturated carbocycles. The van der Waals surface area contributed by atoms with Gasteiger partial charge in [-0.05, 0) is 50.4 Å². The average Bonchev–Trinajstić information content (AvgIpc) is 2.39. The Labute approximate surface area is 116 Å². The molecule has 4 heteroatoms. The van der Waals surface area contributed by atoms with E-state index in [1.807, 2.05) is 0 Å². The second-order valence-corrected chi connectivity index (χ2v) is 6.33. The van der Waals surface area contributed by atoms with E-state index in [1.54, 1.807) is 11.8 Å². The summed E-state index contributed by atoms with van der Waals surface area (Å²) in [5, 5.41) is 6.58. The fourth-order valence-electron chi connectivity index (χ4n) is 2.57. The molecule has 2 N–H and O–H groups in total. The number of hydrogen-bond acceptors (Lipinski definition) is 3. The van der Waals surface area contributed by atoms with E-state index in [2.05, 4.69) is 30.7 Å². The van der Waals surface area contributed by atoms with E-state index >= 15 is 0 Å². The molecule has 0 radical (unpaired) electrons. The Hall–Kier alpha value is -0.220. The molecule has 3 unspecified atom stereocenters. The molecule has 0 bridgehead atoms. The maximum atomic E-state index is 12.0. The molecule has 1 aliphatic heterocycles. The fraction of sp³-hybridized carbons (Fsp3) is 0.929. The highest BCUT2D eigenvalue weighted by atomic mass is 32.2. The number of carbonyl (C=O) groups excluding carboxylic acids is 1. The van der Waals surface area contributed by atoms with Crippen LogP contribution in [0.2, 0.25) is 0 Å². The highest BCUT2D eigenvalue weighted by Crippen LogP contribution is 2.22. The number of hydrogen-bond donors (Lipinski definition) is 2. The average molecular weight is 272 g/mol. The van der Waals surface area contributed by atoms with Gasteiger partial charge in [-0.3, -0.25) is 4.79 Å². The van der Waals surface area contributed by atoms with Crippen molar-refractivity contribution in [2.75, 3.05) is 25.1 Å². The first-order chi connectivity index (χ1) is 8.67. The molecule has 106 valence electrons. The van der Waals surface area contributed by atoms with Crippen LogP contribution in [0.1, 0.15) is 39.5 Å². The summed E-state index contributed by atoms with van der Waals surface area (Å²) in [5.41, 5.74) is 0. The van der Waals surface area contributed by atoms with Gasteiger partial charge in [-0.25, -0.2) is 0 Å². The Kier molecular flexibility index (Phi) is 7.75. The Morgan fingerprint density at radius 3 is 2.89 bits per heavy atom. The van der Waals surface area contributed by atoms with Gasteiger partial charge in [-0.2, -0.15) is 11.8 Å². The SMILES string of the molecule is CCC(CSC)NC(=O)CC(C)C1CCCNC1. The second-order valence-electron chi connectivity index (χ2n) is 5.42. The first kappa shape index (κ1) is 15.8. The number of carbonyl (C=O) groups is 1. The molecule has 1 rings (SSSR count). The van der Waals surface area contributed by atoms with Gasteiger partial charge in [0, 0.05) is 18.2 Å². The fourth-order valence-corrected chi connectivity index (χ4v) is 3.29. The maximum Gasteiger partial charge on any atom is 0.220 e. The van der Waals surface area contributed by atoms with E-state index in [-0.39, 0.29) is 5.91 Å². The zero-order valence-corrected chi connectivity index (χ0v) is 12.8. The van der Waals surface area contributed by atoms with Crippen LogP contribution in [0.3, 0.4) is 0 Å². The summed E-state index contributed by atoms with van der Waals surface area (Å²) in [4.78, 5) is 12.0. The lowest BCUT2D eigenvalue weighted by Crippen LogP contribution is -2.39. The summed E-state index contributed by atoms with van der Waals surface area (Å²) >= 11 is 1.80. The van der Waals surface area contributed by atoms with E-state index in [0.29, 0.717) is 24.3 Å². The van der Waals surface area contributed by atoms with Gasteiger partial charge in [0.05, 0.1) is 0 Å². The summed E-state index contributed by atoms with van der Waals surface area (Å²) in [6.45, 7) is 6.57. The minimum absolute atomic E-state index is 0.231. The van der Waals surface area contributed by atoms with Crippen LogP contribution in [0.4, 0.5) is 0 Å². The largest absolute Gasteiger partial charge is 0.353 e. The van der Waals surface area contributed by atoms with Crippen LogP contribution in [-0.2, 0) is 4.79 Å². The lowest BCUT2D eigenvalue weighted by molar-refractivity contribution is -0.122. The smallest absolute Gasteiger partial charge is 0.220 e. The molecule has 0 aromatic carbocycles. The van der Waals surface area contributed by atoms with Gasteiger partial charge in [0.25, 0.3) is 0 Å². The van der Waals surface area contributed by atoms with Crippen molar-refractivity contribution in [1.82, 2.24) is 10.6 Å². The van der Waals surface area contributed by atoms with Crippen LogP contribution in [-0.4, -0.2) is 37.0 Å². The number of rotatable bonds is 7. The van der Waals surface area contributed by atoms with Gasteiger partial charge >= 0.3 is 0 Å². The van der Waals surface area contributed by atoms with Crippen LogP contribution < -0.4 is 10.6 Å². The maximum absolute atomic E-state index is 12.0. The Bertz CT molecular complexity index is 242. The lowest BCUT2D eigenvalue weighted by atomic mass is 9.85. The van der Waals surface area contributed by atoms with Crippen molar-refractivity contribution < 1.29 is 4.79 Å². The predicted octanol–water partition coefficient (Wildman–Crippen LogP) is 2.27. The van der Waals surface area contributed by atoms with Crippen molar-refractivity contribution in [3.8, 4) is 0 Å². The van der Waals surface area contributed by atoms with Crippen molar-refractivity contribution in [3.63, 3.8) is 0 Å². The minimum Gasteiger partial charge on any atom is -0.353 e. The third-order valence-electron chi connectivity index (χ3n) is 3.87. The molecular weight excluding hydrogens is 244 g/mol. The highest BCUT2D eigenvalue weighted by molar-refractivity contribution is 7.98. The van der Waals surface area contributed by atoms with E-state index in [0.717, 1.165) is 25.3 Å². The lowest BCUT2D eigenvalue weighted by Gasteiger charge is -2.28. The normalized spacial score (nSPS) is 23.4. The molecule has 3 atom stereocenters. The molecule has 18 heavy (non-hydrogen) atoms. The van der Waals surface area contributed by atoms with E-state index in [4.69, 9.17) is 0 Å². The molecule has 1 fully saturated rings. The third-order valence-corrected chi connectivity index (χ3v) is 4.61. The van der Waals surface area contributed by atoms with Crippen molar-refractivity contribution in [3.05, 3.63) is 0 Å². The van der Waals surface area contributed by atoms with Gasteiger partial charge in [0.2, 0.25) is 5.91 Å². The van der Waals surface area contributed by atoms with Gasteiger partial charge in [0.1, 0.15) is 0 Å². The van der Waals surface area contributed by atoms with Crippen LogP contribution >= 0.6 is 11.8 Å². The molecule has 3 nitrogen and oxygen atoms in total. The molecule has 1 heterocycles. The quantitative estimate of drug-likeness (QED) is 0.747. The van der Waals surface area contributed by atoms with Gasteiger partial charge < -0.3 is 10.6 Å². The Morgan fingerprint density at radius 2 is 2.33 bits per heavy atom. The third kappa shape index (κ3) is 5.61. The minimum atomic E-state index is 0.231. The zero-order chi connectivity index (χ0) is 13.4. The molecule has 0 spiro atoms. The topological polar surface area (TPSA) is 41.1 Å². The summed E-state index contributed by atoms with van der Waals surface area (Å²) in [5.74, 6) is 2.41. The summed E-state index contributed by atoms with van der Waals surface area (Å²) in [7, 11) is 0. The molecular formula is C14H28N2OS. The van der Waals surface area contributed by atoms with E-state index < -0.39 is 0 Å². The first-order valence-electron chi connectivity index (χ1n) is 7.16. The Balaban J connectivity index is 2.29. The number of amides is 1. The predicted molar refractivity (Wildman–Crippen MR) is 80.0 cm³/mol. The van der Waals surface area contributed by atoms with Gasteiger partial charge in [-0.1, -0.05) is 13.8 Å². The molecule has 0 aromatic heterocycles. The van der Waals surface area contributed by atoms with Gasteiger partial charge in [-0.15, -0.1) is 0 Å². The number of nitrogens with one attached hydrogen (secondary N) is 2. The molecule has 1 saturated heterocycles. The van der Waals surface area contributed by atoms with E-state index in [1.165, 1.54) is 12.8 Å². The van der Waals surface area contributed by atoms with Crippen molar-refractivity contribution in [2.24, 2.45) is 11.8 Å². The number of thioether (sulfide) groups is 1. The van der Waals surface area contributed by atoms with Crippen molar-refractivity contribution >= 4 is 17.7 Å². The van der Waals surface area contributed by atoms with E-state index in [9.17, 15) is 4.79 Å². The summed E-state index contributed by atoms with van der Waals surface area (Å²) in [6, 6.07) is 0.337. The van der Waals surface area contributed by atoms with Crippen molar-refractivity contribution in [2.45, 2.75) is 45.6 Å². The molecule has 0 aliphatic carbocycles. The number of piperidine rings is 1. The molecule has 1 amide bonds. The standard InChI is InChI=1S/C14H28N2OS/c1-4-13(10-18-3)16-14(17)8-11(2)12-6-5-7-15-9-12/h11-13,15H,4-10H2,1-3H3,(H,16,17). The summed E-state index contributed by atoms with van der Waals surface area (Å²) in [6.07, 6.45) is 6.30. The van der Waals surface area contributed by atoms with Crippen LogP contribution in [0.25, 0.3) is 0 Å². The summed E-state index contributed by atoms with van der Waals surface area (Å²) < 4.78 is 0. The van der Waals surface area contributed by atoms with Gasteiger partial charge in [0.15, 0.2) is 0 Å². The van der Waals surface area contributed by atoms with Crippen LogP contribution in [0.15, 0.2) is 0 Å². The highest BCUT2D eigenvalue weighted by Gasteiger charge is 2.22. The van der Waals surface area contributed by atoms with Crippen LogP contribution in [0.5, 0.6) is 0 Å². The first-order valence-corrected chi connectivity index (χ1v) is 8.55. The van der Waals surface area contributed by atoms with Crippen LogP contribution in [0, 0.1) is 11.8 Å². The molecule has 1 aliphatic rings. The Morgan fingerprint density at radius 1 is 1.56 bits per heavy atom. The molecule has 0 aromatic rings. The van der Waals surface area contributed by atoms with Crippen molar-refractivity contribution in [1.29, 1.82) is 0 Å².